The Bertz CT molecular complexity index is 710. The summed E-state index contributed by atoms with van der Waals surface area (Å²) < 4.78 is 27.1. The molecule has 4 nitrogen and oxygen atoms in total. The molecule has 0 spiro atoms. The smallest absolute Gasteiger partial charge is 0.261 e. The second kappa shape index (κ2) is 5.87. The summed E-state index contributed by atoms with van der Waals surface area (Å²) in [6.07, 6.45) is 2.47. The summed E-state index contributed by atoms with van der Waals surface area (Å²) in [5.41, 5.74) is 1.67. The molecule has 0 saturated heterocycles. The third-order valence-electron chi connectivity index (χ3n) is 3.40. The van der Waals surface area contributed by atoms with Crippen molar-refractivity contribution < 1.29 is 8.42 Å². The minimum Gasteiger partial charge on any atom is -0.310 e. The monoisotopic (exact) mass is 302 g/mol. The lowest BCUT2D eigenvalue weighted by Gasteiger charge is -2.10. The molecular weight excluding hydrogens is 284 g/mol. The van der Waals surface area contributed by atoms with E-state index in [1.54, 1.807) is 36.4 Å². The van der Waals surface area contributed by atoms with Crippen LogP contribution in [0.2, 0.25) is 0 Å². The summed E-state index contributed by atoms with van der Waals surface area (Å²) in [6.45, 7) is 0.769. The van der Waals surface area contributed by atoms with E-state index in [1.807, 2.05) is 18.2 Å². The third kappa shape index (κ3) is 3.83. The van der Waals surface area contributed by atoms with Crippen molar-refractivity contribution in [2.75, 3.05) is 4.72 Å². The first-order chi connectivity index (χ1) is 10.1. The van der Waals surface area contributed by atoms with Gasteiger partial charge in [-0.25, -0.2) is 8.42 Å². The van der Waals surface area contributed by atoms with Crippen molar-refractivity contribution in [3.05, 3.63) is 60.2 Å². The molecule has 1 aliphatic carbocycles. The minimum atomic E-state index is -3.52. The summed E-state index contributed by atoms with van der Waals surface area (Å²) in [7, 11) is -3.52. The molecule has 3 rings (SSSR count). The molecule has 1 saturated carbocycles. The highest BCUT2D eigenvalue weighted by molar-refractivity contribution is 7.92. The molecule has 0 heterocycles. The summed E-state index contributed by atoms with van der Waals surface area (Å²) >= 11 is 0. The summed E-state index contributed by atoms with van der Waals surface area (Å²) in [5.74, 6) is 0. The van der Waals surface area contributed by atoms with Gasteiger partial charge in [-0.3, -0.25) is 4.72 Å². The standard InChI is InChI=1S/C16H18N2O2S/c19-21(20,16-7-2-1-3-8-16)18-15-6-4-5-13(11-15)12-17-14-9-10-14/h1-8,11,14,17-18H,9-10,12H2. The average molecular weight is 302 g/mol. The van der Waals surface area contributed by atoms with Crippen molar-refractivity contribution in [1.82, 2.24) is 5.32 Å². The molecule has 0 aliphatic heterocycles. The van der Waals surface area contributed by atoms with Crippen LogP contribution in [0.1, 0.15) is 18.4 Å². The number of sulfonamides is 1. The Morgan fingerprint density at radius 3 is 2.48 bits per heavy atom. The molecule has 2 N–H and O–H groups in total. The zero-order valence-corrected chi connectivity index (χ0v) is 12.4. The van der Waals surface area contributed by atoms with E-state index in [0.717, 1.165) is 12.1 Å². The Morgan fingerprint density at radius 1 is 1.00 bits per heavy atom. The molecule has 0 aromatic heterocycles. The largest absolute Gasteiger partial charge is 0.310 e. The minimum absolute atomic E-state index is 0.270. The molecule has 2 aromatic rings. The molecule has 0 radical (unpaired) electrons. The molecule has 110 valence electrons. The van der Waals surface area contributed by atoms with Gasteiger partial charge in [-0.05, 0) is 42.7 Å². The number of rotatable bonds is 6. The van der Waals surface area contributed by atoms with Gasteiger partial charge in [0.2, 0.25) is 0 Å². The van der Waals surface area contributed by atoms with E-state index in [1.165, 1.54) is 12.8 Å². The van der Waals surface area contributed by atoms with Crippen LogP contribution in [0.25, 0.3) is 0 Å². The van der Waals surface area contributed by atoms with Gasteiger partial charge in [-0.1, -0.05) is 30.3 Å². The Labute approximate surface area is 125 Å². The van der Waals surface area contributed by atoms with E-state index < -0.39 is 10.0 Å². The zero-order chi connectivity index (χ0) is 14.7. The van der Waals surface area contributed by atoms with Gasteiger partial charge in [0.05, 0.1) is 4.90 Å². The van der Waals surface area contributed by atoms with Crippen LogP contribution in [0.5, 0.6) is 0 Å². The first-order valence-corrected chi connectivity index (χ1v) is 8.52. The lowest BCUT2D eigenvalue weighted by molar-refractivity contribution is 0.601. The molecule has 5 heteroatoms. The van der Waals surface area contributed by atoms with E-state index in [2.05, 4.69) is 10.0 Å². The van der Waals surface area contributed by atoms with Crippen molar-refractivity contribution in [3.63, 3.8) is 0 Å². The number of hydrogen-bond acceptors (Lipinski definition) is 3. The third-order valence-corrected chi connectivity index (χ3v) is 4.80. The molecule has 2 aromatic carbocycles. The van der Waals surface area contributed by atoms with Crippen LogP contribution in [0.15, 0.2) is 59.5 Å². The molecule has 0 unspecified atom stereocenters. The maximum atomic E-state index is 12.3. The zero-order valence-electron chi connectivity index (χ0n) is 11.6. The number of benzene rings is 2. The topological polar surface area (TPSA) is 58.2 Å². The van der Waals surface area contributed by atoms with Gasteiger partial charge in [0.1, 0.15) is 0 Å². The second-order valence-corrected chi connectivity index (χ2v) is 6.96. The molecule has 1 fully saturated rings. The fraction of sp³-hybridized carbons (Fsp3) is 0.250. The van der Waals surface area contributed by atoms with Gasteiger partial charge in [0.15, 0.2) is 0 Å². The Balaban J connectivity index is 1.73. The van der Waals surface area contributed by atoms with Gasteiger partial charge in [0, 0.05) is 18.3 Å². The van der Waals surface area contributed by atoms with Crippen LogP contribution in [0.4, 0.5) is 5.69 Å². The molecule has 1 aliphatic rings. The van der Waals surface area contributed by atoms with Crippen molar-refractivity contribution in [2.24, 2.45) is 0 Å². The molecule has 0 amide bonds. The van der Waals surface area contributed by atoms with Crippen LogP contribution in [0, 0.1) is 0 Å². The van der Waals surface area contributed by atoms with Crippen LogP contribution in [0.3, 0.4) is 0 Å². The number of hydrogen-bond donors (Lipinski definition) is 2. The van der Waals surface area contributed by atoms with Crippen LogP contribution >= 0.6 is 0 Å². The lowest BCUT2D eigenvalue weighted by Crippen LogP contribution is -2.16. The van der Waals surface area contributed by atoms with Crippen molar-refractivity contribution in [1.29, 1.82) is 0 Å². The van der Waals surface area contributed by atoms with E-state index in [0.29, 0.717) is 11.7 Å². The van der Waals surface area contributed by atoms with Gasteiger partial charge < -0.3 is 5.32 Å². The Kier molecular flexibility index (Phi) is 3.94. The van der Waals surface area contributed by atoms with E-state index in [4.69, 9.17) is 0 Å². The molecule has 21 heavy (non-hydrogen) atoms. The quantitative estimate of drug-likeness (QED) is 0.862. The average Bonchev–Trinajstić information content (AvgIpc) is 3.30. The number of nitrogens with one attached hydrogen (secondary N) is 2. The predicted molar refractivity (Wildman–Crippen MR) is 83.6 cm³/mol. The van der Waals surface area contributed by atoms with Crippen molar-refractivity contribution in [2.45, 2.75) is 30.3 Å². The summed E-state index contributed by atoms with van der Waals surface area (Å²) in [4.78, 5) is 0.270. The number of anilines is 1. The normalized spacial score (nSPS) is 14.9. The van der Waals surface area contributed by atoms with Crippen LogP contribution in [-0.4, -0.2) is 14.5 Å². The van der Waals surface area contributed by atoms with Gasteiger partial charge in [0.25, 0.3) is 10.0 Å². The highest BCUT2D eigenvalue weighted by atomic mass is 32.2. The predicted octanol–water partition coefficient (Wildman–Crippen LogP) is 2.74. The molecule has 0 atom stereocenters. The van der Waals surface area contributed by atoms with Crippen molar-refractivity contribution in [3.8, 4) is 0 Å². The Morgan fingerprint density at radius 2 is 1.76 bits per heavy atom. The highest BCUT2D eigenvalue weighted by Gasteiger charge is 2.20. The van der Waals surface area contributed by atoms with Gasteiger partial charge >= 0.3 is 0 Å². The first kappa shape index (κ1) is 14.1. The van der Waals surface area contributed by atoms with Crippen molar-refractivity contribution >= 4 is 15.7 Å². The highest BCUT2D eigenvalue weighted by Crippen LogP contribution is 2.20. The fourth-order valence-corrected chi connectivity index (χ4v) is 3.18. The van der Waals surface area contributed by atoms with Crippen LogP contribution < -0.4 is 10.0 Å². The fourth-order valence-electron chi connectivity index (χ4n) is 2.11. The van der Waals surface area contributed by atoms with Gasteiger partial charge in [-0.2, -0.15) is 0 Å². The molecule has 0 bridgehead atoms. The summed E-state index contributed by atoms with van der Waals surface area (Å²) in [5, 5.41) is 3.42. The maximum absolute atomic E-state index is 12.3. The molecular formula is C16H18N2O2S. The van der Waals surface area contributed by atoms with Gasteiger partial charge in [-0.15, -0.1) is 0 Å². The summed E-state index contributed by atoms with van der Waals surface area (Å²) in [6, 6.07) is 16.5. The Hall–Kier alpha value is -1.85. The van der Waals surface area contributed by atoms with Crippen LogP contribution in [-0.2, 0) is 16.6 Å². The van der Waals surface area contributed by atoms with E-state index in [-0.39, 0.29) is 4.90 Å². The second-order valence-electron chi connectivity index (χ2n) is 5.27. The lowest BCUT2D eigenvalue weighted by atomic mass is 10.2. The first-order valence-electron chi connectivity index (χ1n) is 7.04. The SMILES string of the molecule is O=S(=O)(Nc1cccc(CNC2CC2)c1)c1ccccc1. The van der Waals surface area contributed by atoms with E-state index in [9.17, 15) is 8.42 Å². The maximum Gasteiger partial charge on any atom is 0.261 e. The van der Waals surface area contributed by atoms with E-state index >= 15 is 0 Å².